The highest BCUT2D eigenvalue weighted by molar-refractivity contribution is 7.89. The van der Waals surface area contributed by atoms with E-state index in [1.54, 1.807) is 26.0 Å². The van der Waals surface area contributed by atoms with Crippen LogP contribution in [0.3, 0.4) is 0 Å². The molecule has 3 heterocycles. The molecule has 1 aromatic carbocycles. The minimum Gasteiger partial charge on any atom is -0.443 e. The van der Waals surface area contributed by atoms with Crippen molar-refractivity contribution in [1.29, 1.82) is 0 Å². The number of benzene rings is 1. The molecule has 0 bridgehead atoms. The molecule has 1 N–H and O–H groups in total. The number of pyridine rings is 2. The molecule has 0 aliphatic carbocycles. The standard InChI is InChI=1S/C27H26F4N4O5S/c1-17(2)39-10-9-35(41(37,38)26-13-19-11-21(28)4-6-24(19)40-26)16-25(36)34-15-22-12-18(7-8-32-22)23-5-3-20(14-33-23)27(29,30)31/h3-8,11-14,17H,9-10,15-16H2,1-2H3,(H,34,36). The van der Waals surface area contributed by atoms with Crippen LogP contribution in [0.15, 0.2) is 70.4 Å². The Kier molecular flexibility index (Phi) is 9.05. The van der Waals surface area contributed by atoms with Crippen LogP contribution in [-0.2, 0) is 32.3 Å². The molecule has 0 aliphatic heterocycles. The van der Waals surface area contributed by atoms with Gasteiger partial charge in [0.2, 0.25) is 11.0 Å². The maximum atomic E-state index is 13.6. The first kappa shape index (κ1) is 30.1. The summed E-state index contributed by atoms with van der Waals surface area (Å²) >= 11 is 0. The highest BCUT2D eigenvalue weighted by atomic mass is 32.2. The number of rotatable bonds is 11. The maximum Gasteiger partial charge on any atom is 0.417 e. The predicted molar refractivity (Wildman–Crippen MR) is 140 cm³/mol. The summed E-state index contributed by atoms with van der Waals surface area (Å²) in [6.07, 6.45) is -2.54. The molecule has 4 aromatic rings. The van der Waals surface area contributed by atoms with Gasteiger partial charge in [-0.2, -0.15) is 17.5 Å². The first-order chi connectivity index (χ1) is 19.3. The van der Waals surface area contributed by atoms with Gasteiger partial charge in [0, 0.05) is 36.0 Å². The summed E-state index contributed by atoms with van der Waals surface area (Å²) < 4.78 is 90.7. The minimum atomic E-state index is -4.51. The Bertz CT molecular complexity index is 1620. The number of fused-ring (bicyclic) bond motifs is 1. The number of alkyl halides is 3. The molecule has 0 saturated heterocycles. The molecule has 0 spiro atoms. The van der Waals surface area contributed by atoms with Gasteiger partial charge in [0.05, 0.1) is 42.8 Å². The van der Waals surface area contributed by atoms with Crippen molar-refractivity contribution in [3.05, 3.63) is 78.0 Å². The van der Waals surface area contributed by atoms with Gasteiger partial charge in [-0.25, -0.2) is 12.8 Å². The summed E-state index contributed by atoms with van der Waals surface area (Å²) in [7, 11) is -4.31. The molecule has 3 aromatic heterocycles. The van der Waals surface area contributed by atoms with E-state index in [1.165, 1.54) is 24.4 Å². The van der Waals surface area contributed by atoms with Crippen molar-refractivity contribution >= 4 is 26.9 Å². The SMILES string of the molecule is CC(C)OCCN(CC(=O)NCc1cc(-c2ccc(C(F)(F)F)cn2)ccn1)S(=O)(=O)c1cc2cc(F)ccc2o1. The van der Waals surface area contributed by atoms with Crippen LogP contribution in [-0.4, -0.2) is 54.4 Å². The highest BCUT2D eigenvalue weighted by Crippen LogP contribution is 2.30. The van der Waals surface area contributed by atoms with E-state index in [4.69, 9.17) is 9.15 Å². The lowest BCUT2D eigenvalue weighted by molar-refractivity contribution is -0.137. The Labute approximate surface area is 233 Å². The fourth-order valence-corrected chi connectivity index (χ4v) is 5.12. The van der Waals surface area contributed by atoms with Crippen LogP contribution in [0.4, 0.5) is 17.6 Å². The molecular formula is C27H26F4N4O5S. The Hall–Kier alpha value is -3.88. The molecule has 218 valence electrons. The number of ether oxygens (including phenoxy) is 1. The molecule has 0 atom stereocenters. The molecule has 0 unspecified atom stereocenters. The Morgan fingerprint density at radius 3 is 2.56 bits per heavy atom. The van der Waals surface area contributed by atoms with E-state index in [9.17, 15) is 30.8 Å². The summed E-state index contributed by atoms with van der Waals surface area (Å²) in [4.78, 5) is 20.8. The normalized spacial score (nSPS) is 12.4. The van der Waals surface area contributed by atoms with Gasteiger partial charge in [0.15, 0.2) is 0 Å². The molecule has 4 rings (SSSR count). The van der Waals surface area contributed by atoms with E-state index in [1.807, 2.05) is 0 Å². The second kappa shape index (κ2) is 12.3. The highest BCUT2D eigenvalue weighted by Gasteiger charge is 2.31. The molecule has 1 amide bonds. The molecule has 0 fully saturated rings. The second-order valence-electron chi connectivity index (χ2n) is 9.25. The number of halogens is 4. The van der Waals surface area contributed by atoms with Crippen LogP contribution in [0.25, 0.3) is 22.2 Å². The third-order valence-electron chi connectivity index (χ3n) is 5.83. The first-order valence-electron chi connectivity index (χ1n) is 12.4. The fourth-order valence-electron chi connectivity index (χ4n) is 3.79. The van der Waals surface area contributed by atoms with Crippen LogP contribution in [0.2, 0.25) is 0 Å². The lowest BCUT2D eigenvalue weighted by atomic mass is 10.1. The van der Waals surface area contributed by atoms with Crippen molar-refractivity contribution in [3.63, 3.8) is 0 Å². The molecule has 9 nitrogen and oxygen atoms in total. The number of nitrogens with zero attached hydrogens (tertiary/aromatic N) is 3. The van der Waals surface area contributed by atoms with Crippen LogP contribution < -0.4 is 5.32 Å². The van der Waals surface area contributed by atoms with Crippen molar-refractivity contribution < 1.29 is 39.9 Å². The lowest BCUT2D eigenvalue weighted by Gasteiger charge is -2.21. The summed E-state index contributed by atoms with van der Waals surface area (Å²) in [6.45, 7) is 2.74. The van der Waals surface area contributed by atoms with E-state index in [0.29, 0.717) is 11.3 Å². The van der Waals surface area contributed by atoms with Crippen molar-refractivity contribution in [2.24, 2.45) is 0 Å². The Balaban J connectivity index is 1.46. The van der Waals surface area contributed by atoms with Gasteiger partial charge >= 0.3 is 6.18 Å². The molecule has 0 aliphatic rings. The number of carbonyl (C=O) groups excluding carboxylic acids is 1. The molecule has 41 heavy (non-hydrogen) atoms. The zero-order chi connectivity index (χ0) is 29.8. The van der Waals surface area contributed by atoms with E-state index in [2.05, 4.69) is 15.3 Å². The van der Waals surface area contributed by atoms with Gasteiger partial charge in [-0.05, 0) is 56.3 Å². The summed E-state index contributed by atoms with van der Waals surface area (Å²) in [6, 6.07) is 10.0. The first-order valence-corrected chi connectivity index (χ1v) is 13.8. The zero-order valence-corrected chi connectivity index (χ0v) is 22.8. The zero-order valence-electron chi connectivity index (χ0n) is 22.0. The fraction of sp³-hybridized carbons (Fsp3) is 0.296. The lowest BCUT2D eigenvalue weighted by Crippen LogP contribution is -2.42. The Morgan fingerprint density at radius 2 is 1.88 bits per heavy atom. The average Bonchev–Trinajstić information content (AvgIpc) is 3.35. The van der Waals surface area contributed by atoms with Crippen molar-refractivity contribution in [2.75, 3.05) is 19.7 Å². The topological polar surface area (TPSA) is 115 Å². The van der Waals surface area contributed by atoms with Crippen LogP contribution in [0.1, 0.15) is 25.1 Å². The molecule has 0 saturated carbocycles. The summed E-state index contributed by atoms with van der Waals surface area (Å²) in [5.41, 5.74) is 0.419. The quantitative estimate of drug-likeness (QED) is 0.249. The van der Waals surface area contributed by atoms with Crippen molar-refractivity contribution in [2.45, 2.75) is 37.8 Å². The number of carbonyl (C=O) groups is 1. The number of sulfonamides is 1. The van der Waals surface area contributed by atoms with Gasteiger partial charge in [-0.1, -0.05) is 0 Å². The number of aromatic nitrogens is 2. The third-order valence-corrected chi connectivity index (χ3v) is 7.53. The number of hydrogen-bond donors (Lipinski definition) is 1. The van der Waals surface area contributed by atoms with Gasteiger partial charge in [0.25, 0.3) is 10.0 Å². The monoisotopic (exact) mass is 594 g/mol. The van der Waals surface area contributed by atoms with Crippen molar-refractivity contribution in [1.82, 2.24) is 19.6 Å². The van der Waals surface area contributed by atoms with Gasteiger partial charge < -0.3 is 14.5 Å². The van der Waals surface area contributed by atoms with Crippen LogP contribution >= 0.6 is 0 Å². The maximum absolute atomic E-state index is 13.6. The number of amides is 1. The predicted octanol–water partition coefficient (Wildman–Crippen LogP) is 4.78. The van der Waals surface area contributed by atoms with Crippen LogP contribution in [0.5, 0.6) is 0 Å². The molecular weight excluding hydrogens is 568 g/mol. The number of furan rings is 1. The second-order valence-corrected chi connectivity index (χ2v) is 11.1. The average molecular weight is 595 g/mol. The van der Waals surface area contributed by atoms with Gasteiger partial charge in [-0.3, -0.25) is 14.8 Å². The Morgan fingerprint density at radius 1 is 1.10 bits per heavy atom. The van der Waals surface area contributed by atoms with E-state index in [-0.39, 0.29) is 42.5 Å². The minimum absolute atomic E-state index is 0.00274. The van der Waals surface area contributed by atoms with E-state index in [0.717, 1.165) is 28.7 Å². The van der Waals surface area contributed by atoms with Gasteiger partial charge in [0.1, 0.15) is 11.4 Å². The smallest absolute Gasteiger partial charge is 0.417 e. The number of nitrogens with one attached hydrogen (secondary N) is 1. The largest absolute Gasteiger partial charge is 0.443 e. The van der Waals surface area contributed by atoms with Crippen LogP contribution in [0, 0.1) is 5.82 Å². The van der Waals surface area contributed by atoms with E-state index >= 15 is 0 Å². The number of hydrogen-bond acceptors (Lipinski definition) is 7. The van der Waals surface area contributed by atoms with E-state index < -0.39 is 45.1 Å². The summed E-state index contributed by atoms with van der Waals surface area (Å²) in [5, 5.41) is 2.40. The summed E-state index contributed by atoms with van der Waals surface area (Å²) in [5.74, 6) is -1.21. The van der Waals surface area contributed by atoms with Gasteiger partial charge in [-0.15, -0.1) is 0 Å². The molecule has 0 radical (unpaired) electrons. The molecule has 14 heteroatoms. The third kappa shape index (κ3) is 7.65. The van der Waals surface area contributed by atoms with Crippen molar-refractivity contribution in [3.8, 4) is 11.3 Å².